The lowest BCUT2D eigenvalue weighted by Crippen LogP contribution is -2.43. The fourth-order valence-electron chi connectivity index (χ4n) is 4.19. The van der Waals surface area contributed by atoms with E-state index in [2.05, 4.69) is 15.5 Å². The number of hydrogen-bond acceptors (Lipinski definition) is 8. The van der Waals surface area contributed by atoms with E-state index < -0.39 is 29.5 Å². The highest BCUT2D eigenvalue weighted by molar-refractivity contribution is 7.21. The van der Waals surface area contributed by atoms with Gasteiger partial charge in [-0.25, -0.2) is 9.18 Å². The molecule has 0 aliphatic heterocycles. The number of halogens is 1. The van der Waals surface area contributed by atoms with Crippen LogP contribution in [-0.2, 0) is 24.3 Å². The Morgan fingerprint density at radius 1 is 1.23 bits per heavy atom. The van der Waals surface area contributed by atoms with E-state index in [1.54, 1.807) is 13.8 Å². The van der Waals surface area contributed by atoms with Gasteiger partial charge in [-0.05, 0) is 63.3 Å². The molecule has 1 aliphatic rings. The third kappa shape index (κ3) is 6.09. The van der Waals surface area contributed by atoms with Crippen molar-refractivity contribution >= 4 is 27.5 Å². The molecule has 39 heavy (non-hydrogen) atoms. The lowest BCUT2D eigenvalue weighted by atomic mass is 9.97. The second-order valence-electron chi connectivity index (χ2n) is 9.10. The second-order valence-corrected chi connectivity index (χ2v) is 10.1. The number of amides is 1. The molecule has 1 aliphatic carbocycles. The molecule has 3 aromatic heterocycles. The molecule has 208 valence electrons. The SMILES string of the molecule is CCNC(=O)Cn1c(=O)c2c(C)c(-n3nccn3)sc2n(CCc2cc(F)ccc2OC)c1=O.OC1CCC1. The molecule has 3 heterocycles. The van der Waals surface area contributed by atoms with Crippen LogP contribution in [0.5, 0.6) is 5.75 Å². The van der Waals surface area contributed by atoms with Gasteiger partial charge in [0.05, 0.1) is 31.0 Å². The highest BCUT2D eigenvalue weighted by atomic mass is 32.1. The summed E-state index contributed by atoms with van der Waals surface area (Å²) in [6, 6.07) is 4.17. The number of carbonyl (C=O) groups is 1. The molecule has 11 nitrogen and oxygen atoms in total. The summed E-state index contributed by atoms with van der Waals surface area (Å²) in [5, 5.41) is 20.2. The van der Waals surface area contributed by atoms with Crippen LogP contribution in [0.1, 0.15) is 37.3 Å². The average Bonchev–Trinajstić information content (AvgIpc) is 3.54. The van der Waals surface area contributed by atoms with Gasteiger partial charge < -0.3 is 15.2 Å². The maximum atomic E-state index is 13.9. The number of benzene rings is 1. The number of fused-ring (bicyclic) bond motifs is 1. The van der Waals surface area contributed by atoms with E-state index in [0.717, 1.165) is 17.4 Å². The molecular formula is C26H31FN6O5S. The summed E-state index contributed by atoms with van der Waals surface area (Å²) in [6.07, 6.45) is 6.68. The topological polar surface area (TPSA) is 133 Å². The molecule has 1 saturated carbocycles. The summed E-state index contributed by atoms with van der Waals surface area (Å²) in [6.45, 7) is 3.60. The highest BCUT2D eigenvalue weighted by Gasteiger charge is 2.23. The molecule has 0 atom stereocenters. The summed E-state index contributed by atoms with van der Waals surface area (Å²) in [5.41, 5.74) is -0.00690. The Morgan fingerprint density at radius 3 is 2.51 bits per heavy atom. The zero-order valence-corrected chi connectivity index (χ0v) is 22.8. The number of nitrogens with one attached hydrogen (secondary N) is 1. The van der Waals surface area contributed by atoms with Gasteiger partial charge in [0, 0.05) is 18.7 Å². The Balaban J connectivity index is 0.000000634. The van der Waals surface area contributed by atoms with Crippen LogP contribution in [0.4, 0.5) is 4.39 Å². The lowest BCUT2D eigenvalue weighted by molar-refractivity contribution is -0.121. The number of aryl methyl sites for hydroxylation is 3. The van der Waals surface area contributed by atoms with Crippen molar-refractivity contribution in [1.29, 1.82) is 0 Å². The zero-order valence-electron chi connectivity index (χ0n) is 22.0. The molecule has 0 unspecified atom stereocenters. The number of nitrogens with zero attached hydrogens (tertiary/aromatic N) is 5. The fourth-order valence-corrected chi connectivity index (χ4v) is 5.43. The van der Waals surface area contributed by atoms with Crippen LogP contribution in [0.3, 0.4) is 0 Å². The maximum Gasteiger partial charge on any atom is 0.332 e. The third-order valence-electron chi connectivity index (χ3n) is 6.47. The fraction of sp³-hybridized carbons (Fsp3) is 0.423. The van der Waals surface area contributed by atoms with Crippen molar-refractivity contribution in [3.8, 4) is 10.8 Å². The number of thiophene rings is 1. The highest BCUT2D eigenvalue weighted by Crippen LogP contribution is 2.30. The number of carbonyl (C=O) groups excluding carboxylic acids is 1. The van der Waals surface area contributed by atoms with Gasteiger partial charge in [-0.3, -0.25) is 18.7 Å². The summed E-state index contributed by atoms with van der Waals surface area (Å²) in [7, 11) is 1.49. The molecule has 1 aromatic carbocycles. The first kappa shape index (κ1) is 28.2. The maximum absolute atomic E-state index is 13.9. The first-order valence-corrected chi connectivity index (χ1v) is 13.5. The molecule has 0 radical (unpaired) electrons. The number of aromatic nitrogens is 5. The smallest absolute Gasteiger partial charge is 0.332 e. The van der Waals surface area contributed by atoms with E-state index in [1.807, 2.05) is 0 Å². The van der Waals surface area contributed by atoms with Gasteiger partial charge >= 0.3 is 5.69 Å². The van der Waals surface area contributed by atoms with Crippen molar-refractivity contribution in [2.45, 2.75) is 58.7 Å². The molecule has 2 N–H and O–H groups in total. The van der Waals surface area contributed by atoms with Crippen molar-refractivity contribution in [2.75, 3.05) is 13.7 Å². The van der Waals surface area contributed by atoms with Gasteiger partial charge in [-0.1, -0.05) is 11.3 Å². The molecule has 0 saturated heterocycles. The largest absolute Gasteiger partial charge is 0.496 e. The Bertz CT molecular complexity index is 1570. The quantitative estimate of drug-likeness (QED) is 0.339. The van der Waals surface area contributed by atoms with Crippen molar-refractivity contribution in [3.05, 3.63) is 68.4 Å². The van der Waals surface area contributed by atoms with E-state index in [4.69, 9.17) is 9.84 Å². The first-order chi connectivity index (χ1) is 18.7. The predicted octanol–water partition coefficient (Wildman–Crippen LogP) is 2.17. The van der Waals surface area contributed by atoms with E-state index >= 15 is 0 Å². The Morgan fingerprint density at radius 2 is 1.92 bits per heavy atom. The van der Waals surface area contributed by atoms with Gasteiger partial charge in [-0.15, -0.1) is 4.80 Å². The van der Waals surface area contributed by atoms with Gasteiger partial charge in [0.1, 0.15) is 27.9 Å². The Labute approximate surface area is 227 Å². The minimum absolute atomic E-state index is 0.0648. The van der Waals surface area contributed by atoms with Crippen molar-refractivity contribution in [1.82, 2.24) is 29.4 Å². The summed E-state index contributed by atoms with van der Waals surface area (Å²) < 4.78 is 21.5. The number of aliphatic hydroxyl groups excluding tert-OH is 1. The van der Waals surface area contributed by atoms with Gasteiger partial charge in [-0.2, -0.15) is 10.2 Å². The minimum atomic E-state index is -0.625. The zero-order chi connectivity index (χ0) is 28.1. The number of rotatable bonds is 8. The molecule has 0 bridgehead atoms. The number of likely N-dealkylation sites (N-methyl/N-ethyl adjacent to an activating group) is 1. The van der Waals surface area contributed by atoms with Gasteiger partial charge in [0.15, 0.2) is 0 Å². The number of aliphatic hydroxyl groups is 1. The lowest BCUT2D eigenvalue weighted by Gasteiger charge is -2.17. The minimum Gasteiger partial charge on any atom is -0.496 e. The molecular weight excluding hydrogens is 527 g/mol. The van der Waals surface area contributed by atoms with Gasteiger partial charge in [0.2, 0.25) is 5.91 Å². The van der Waals surface area contributed by atoms with E-state index in [9.17, 15) is 18.8 Å². The van der Waals surface area contributed by atoms with E-state index in [0.29, 0.717) is 38.6 Å². The summed E-state index contributed by atoms with van der Waals surface area (Å²) >= 11 is 1.20. The molecule has 13 heteroatoms. The van der Waals surface area contributed by atoms with Crippen LogP contribution in [-0.4, -0.2) is 54.9 Å². The molecule has 0 spiro atoms. The van der Waals surface area contributed by atoms with Crippen LogP contribution < -0.4 is 21.3 Å². The Kier molecular flexibility index (Phi) is 8.92. The van der Waals surface area contributed by atoms with Gasteiger partial charge in [0.25, 0.3) is 5.56 Å². The average molecular weight is 559 g/mol. The number of methoxy groups -OCH3 is 1. The number of hydrogen-bond donors (Lipinski definition) is 2. The summed E-state index contributed by atoms with van der Waals surface area (Å²) in [4.78, 5) is 40.8. The summed E-state index contributed by atoms with van der Waals surface area (Å²) in [5.74, 6) is -0.375. The van der Waals surface area contributed by atoms with Crippen LogP contribution in [0.2, 0.25) is 0 Å². The van der Waals surface area contributed by atoms with E-state index in [-0.39, 0.29) is 19.1 Å². The third-order valence-corrected chi connectivity index (χ3v) is 7.75. The van der Waals surface area contributed by atoms with Crippen LogP contribution in [0, 0.1) is 12.7 Å². The monoisotopic (exact) mass is 558 g/mol. The standard InChI is InChI=1S/C22H23FN6O4S.C4H8O/c1-4-24-17(30)12-28-19(31)18-13(2)20(29-25-8-9-26-29)34-21(18)27(22(28)32)10-7-14-11-15(23)5-6-16(14)33-3;5-4-2-1-3-4/h5-6,8-9,11H,4,7,10,12H2,1-3H3,(H,24,30);4-5H,1-3H2. The molecule has 5 rings (SSSR count). The van der Waals surface area contributed by atoms with Crippen molar-refractivity contribution in [2.24, 2.45) is 0 Å². The molecule has 4 aromatic rings. The molecule has 1 fully saturated rings. The van der Waals surface area contributed by atoms with E-state index in [1.165, 1.54) is 64.8 Å². The predicted molar refractivity (Wildman–Crippen MR) is 145 cm³/mol. The Hall–Kier alpha value is -3.84. The normalized spacial score (nSPS) is 13.1. The second kappa shape index (κ2) is 12.3. The first-order valence-electron chi connectivity index (χ1n) is 12.7. The van der Waals surface area contributed by atoms with Crippen molar-refractivity contribution < 1.29 is 19.0 Å². The van der Waals surface area contributed by atoms with Crippen LogP contribution in [0.25, 0.3) is 15.2 Å². The van der Waals surface area contributed by atoms with Crippen molar-refractivity contribution in [3.63, 3.8) is 0 Å². The van der Waals surface area contributed by atoms with Crippen LogP contribution >= 0.6 is 11.3 Å². The number of ether oxygens (including phenoxy) is 1. The molecule has 1 amide bonds. The van der Waals surface area contributed by atoms with Crippen LogP contribution in [0.15, 0.2) is 40.2 Å².